The number of halogens is 3. The monoisotopic (exact) mass is 362 g/mol. The minimum absolute atomic E-state index is 0.224. The van der Waals surface area contributed by atoms with Gasteiger partial charge in [-0.3, -0.25) is 4.79 Å². The molecule has 0 aliphatic rings. The Morgan fingerprint density at radius 1 is 1.50 bits per heavy atom. The number of alkyl halides is 3. The molecular weight excluding hydrogens is 356 g/mol. The first-order chi connectivity index (χ1) is 5.45. The smallest absolute Gasteiger partial charge is 0.306 e. The van der Waals surface area contributed by atoms with E-state index < -0.39 is 0 Å². The molecule has 0 N–H and O–H groups in total. The van der Waals surface area contributed by atoms with E-state index in [1.54, 1.807) is 6.08 Å². The number of hydrogen-bond acceptors (Lipinski definition) is 2. The molecule has 0 rings (SSSR count). The van der Waals surface area contributed by atoms with E-state index in [-0.39, 0.29) is 14.7 Å². The van der Waals surface area contributed by atoms with E-state index in [1.807, 2.05) is 0 Å². The summed E-state index contributed by atoms with van der Waals surface area (Å²) in [5.74, 6) is -0.224. The number of ether oxygens (including phenoxy) is 1. The molecule has 0 aromatic rings. The molecule has 0 heterocycles. The summed E-state index contributed by atoms with van der Waals surface area (Å²) in [5, 5.41) is 0. The molecule has 0 aromatic carbocycles. The maximum absolute atomic E-state index is 10.9. The Bertz CT molecular complexity index is 163. The highest BCUT2D eigenvalue weighted by Gasteiger charge is 2.19. The van der Waals surface area contributed by atoms with E-state index in [0.29, 0.717) is 12.8 Å². The zero-order valence-electron chi connectivity index (χ0n) is 6.36. The molecule has 0 aliphatic heterocycles. The summed E-state index contributed by atoms with van der Waals surface area (Å²) in [6, 6.07) is 0. The summed E-state index contributed by atoms with van der Waals surface area (Å²) in [6.07, 6.45) is 2.51. The average molecular weight is 365 g/mol. The molecule has 0 fully saturated rings. The van der Waals surface area contributed by atoms with Gasteiger partial charge in [0.1, 0.15) is 8.75 Å². The lowest BCUT2D eigenvalue weighted by Crippen LogP contribution is -2.08. The molecule has 0 unspecified atom stereocenters. The van der Waals surface area contributed by atoms with Crippen molar-refractivity contribution in [3.63, 3.8) is 0 Å². The van der Waals surface area contributed by atoms with E-state index in [1.165, 1.54) is 0 Å². The van der Waals surface area contributed by atoms with Crippen LogP contribution in [-0.4, -0.2) is 14.7 Å². The van der Waals surface area contributed by atoms with Gasteiger partial charge in [-0.1, -0.05) is 60.4 Å². The van der Waals surface area contributed by atoms with Crippen LogP contribution in [0.1, 0.15) is 12.8 Å². The predicted molar refractivity (Wildman–Crippen MR) is 59.9 cm³/mol. The second kappa shape index (κ2) is 6.16. The molecule has 0 bridgehead atoms. The molecule has 0 atom stereocenters. The lowest BCUT2D eigenvalue weighted by molar-refractivity contribution is -0.142. The topological polar surface area (TPSA) is 26.3 Å². The number of esters is 1. The lowest BCUT2D eigenvalue weighted by Gasteiger charge is -2.10. The average Bonchev–Trinajstić information content (AvgIpc) is 1.95. The van der Waals surface area contributed by atoms with Gasteiger partial charge in [0.2, 0.25) is 0 Å². The zero-order chi connectivity index (χ0) is 9.61. The van der Waals surface area contributed by atoms with E-state index in [0.717, 1.165) is 0 Å². The van der Waals surface area contributed by atoms with Crippen molar-refractivity contribution in [1.29, 1.82) is 0 Å². The SMILES string of the molecule is C=CCOC(=O)CCC(Br)(Br)Br. The van der Waals surface area contributed by atoms with Crippen molar-refractivity contribution in [3.8, 4) is 0 Å². The van der Waals surface area contributed by atoms with Crippen LogP contribution in [0.3, 0.4) is 0 Å². The van der Waals surface area contributed by atoms with E-state index in [4.69, 9.17) is 4.74 Å². The fraction of sp³-hybridized carbons (Fsp3) is 0.571. The summed E-state index contributed by atoms with van der Waals surface area (Å²) in [5.41, 5.74) is 0. The van der Waals surface area contributed by atoms with Crippen molar-refractivity contribution in [2.24, 2.45) is 0 Å². The Morgan fingerprint density at radius 3 is 2.50 bits per heavy atom. The quantitative estimate of drug-likeness (QED) is 0.434. The first kappa shape index (κ1) is 12.7. The van der Waals surface area contributed by atoms with Crippen LogP contribution < -0.4 is 0 Å². The van der Waals surface area contributed by atoms with Gasteiger partial charge < -0.3 is 4.74 Å². The number of carbonyl (C=O) groups is 1. The lowest BCUT2D eigenvalue weighted by atomic mass is 10.3. The van der Waals surface area contributed by atoms with E-state index in [2.05, 4.69) is 54.4 Å². The normalized spacial score (nSPS) is 10.9. The van der Waals surface area contributed by atoms with Gasteiger partial charge in [0, 0.05) is 6.42 Å². The molecule has 12 heavy (non-hydrogen) atoms. The van der Waals surface area contributed by atoms with Crippen LogP contribution in [0.15, 0.2) is 12.7 Å². The first-order valence-corrected chi connectivity index (χ1v) is 5.67. The maximum Gasteiger partial charge on any atom is 0.306 e. The van der Waals surface area contributed by atoms with Gasteiger partial charge in [-0.05, 0) is 6.42 Å². The molecule has 0 saturated carbocycles. The molecule has 2 nitrogen and oxygen atoms in total. The molecule has 0 aromatic heterocycles. The Morgan fingerprint density at radius 2 is 2.08 bits per heavy atom. The van der Waals surface area contributed by atoms with Crippen molar-refractivity contribution < 1.29 is 9.53 Å². The van der Waals surface area contributed by atoms with Gasteiger partial charge in [-0.25, -0.2) is 0 Å². The van der Waals surface area contributed by atoms with Crippen molar-refractivity contribution in [2.75, 3.05) is 6.61 Å². The fourth-order valence-electron chi connectivity index (χ4n) is 0.468. The molecular formula is C7H9Br3O2. The fourth-order valence-corrected chi connectivity index (χ4v) is 1.06. The van der Waals surface area contributed by atoms with Gasteiger partial charge >= 0.3 is 5.97 Å². The molecule has 0 amide bonds. The summed E-state index contributed by atoms with van der Waals surface area (Å²) in [7, 11) is 0. The third kappa shape index (κ3) is 8.74. The van der Waals surface area contributed by atoms with Gasteiger partial charge in [0.15, 0.2) is 0 Å². The van der Waals surface area contributed by atoms with Crippen LogP contribution in [0.5, 0.6) is 0 Å². The zero-order valence-corrected chi connectivity index (χ0v) is 11.1. The number of carbonyl (C=O) groups excluding carboxylic acids is 1. The second-order valence-electron chi connectivity index (χ2n) is 2.09. The van der Waals surface area contributed by atoms with Crippen molar-refractivity contribution in [1.82, 2.24) is 0 Å². The molecule has 0 radical (unpaired) electrons. The highest BCUT2D eigenvalue weighted by Crippen LogP contribution is 2.37. The van der Waals surface area contributed by atoms with Crippen LogP contribution in [0.4, 0.5) is 0 Å². The van der Waals surface area contributed by atoms with Crippen LogP contribution in [0, 0.1) is 0 Å². The Labute approximate surface area is 97.1 Å². The molecule has 0 spiro atoms. The van der Waals surface area contributed by atoms with Crippen LogP contribution in [0.2, 0.25) is 0 Å². The van der Waals surface area contributed by atoms with Crippen molar-refractivity contribution in [2.45, 2.75) is 15.0 Å². The van der Waals surface area contributed by atoms with Crippen LogP contribution in [-0.2, 0) is 9.53 Å². The van der Waals surface area contributed by atoms with Gasteiger partial charge in [-0.15, -0.1) is 0 Å². The number of rotatable bonds is 4. The largest absolute Gasteiger partial charge is 0.461 e. The number of hydrogen-bond donors (Lipinski definition) is 0. The summed E-state index contributed by atoms with van der Waals surface area (Å²) in [4.78, 5) is 10.9. The van der Waals surface area contributed by atoms with Gasteiger partial charge in [0.05, 0.1) is 0 Å². The predicted octanol–water partition coefficient (Wildman–Crippen LogP) is 3.33. The van der Waals surface area contributed by atoms with E-state index in [9.17, 15) is 4.79 Å². The third-order valence-corrected chi connectivity index (χ3v) is 2.16. The van der Waals surface area contributed by atoms with Crippen LogP contribution >= 0.6 is 47.8 Å². The summed E-state index contributed by atoms with van der Waals surface area (Å²) in [6.45, 7) is 3.71. The van der Waals surface area contributed by atoms with Crippen LogP contribution in [0.25, 0.3) is 0 Å². The third-order valence-electron chi connectivity index (χ3n) is 0.975. The molecule has 0 aliphatic carbocycles. The van der Waals surface area contributed by atoms with Crippen molar-refractivity contribution in [3.05, 3.63) is 12.7 Å². The highest BCUT2D eigenvalue weighted by molar-refractivity contribution is 9.39. The van der Waals surface area contributed by atoms with E-state index >= 15 is 0 Å². The molecule has 5 heteroatoms. The second-order valence-corrected chi connectivity index (χ2v) is 9.34. The Hall–Kier alpha value is 0.650. The Balaban J connectivity index is 3.51. The summed E-state index contributed by atoms with van der Waals surface area (Å²) < 4.78 is 4.41. The Kier molecular flexibility index (Phi) is 6.49. The minimum Gasteiger partial charge on any atom is -0.461 e. The first-order valence-electron chi connectivity index (χ1n) is 3.29. The highest BCUT2D eigenvalue weighted by atomic mass is 80.0. The molecule has 70 valence electrons. The standard InChI is InChI=1S/C7H9Br3O2/c1-2-5-12-6(11)3-4-7(8,9)10/h2H,1,3-5H2. The van der Waals surface area contributed by atoms with Gasteiger partial charge in [0.25, 0.3) is 0 Å². The minimum atomic E-state index is -0.361. The molecule has 0 saturated heterocycles. The summed E-state index contributed by atoms with van der Waals surface area (Å²) >= 11 is 9.84. The van der Waals surface area contributed by atoms with Crippen molar-refractivity contribution >= 4 is 53.8 Å². The maximum atomic E-state index is 10.9. The van der Waals surface area contributed by atoms with Gasteiger partial charge in [-0.2, -0.15) is 0 Å².